The lowest BCUT2D eigenvalue weighted by molar-refractivity contribution is 0.136. The van der Waals surface area contributed by atoms with Crippen LogP contribution in [0.5, 0.6) is 5.75 Å². The Morgan fingerprint density at radius 1 is 1.30 bits per heavy atom. The van der Waals surface area contributed by atoms with Gasteiger partial charge in [0.15, 0.2) is 0 Å². The minimum Gasteiger partial charge on any atom is -0.492 e. The zero-order valence-electron chi connectivity index (χ0n) is 20.2. The molecule has 0 radical (unpaired) electrons. The number of hydrogen-bond acceptors (Lipinski definition) is 6. The SMILES string of the molecule is CCOc1cc(-c2ccc(N(C)CCC3CCCN(C(C)C)C3)nc2)c2c(C#N)cnn2c1. The van der Waals surface area contributed by atoms with Gasteiger partial charge in [-0.05, 0) is 70.7 Å². The van der Waals surface area contributed by atoms with Crippen molar-refractivity contribution in [3.05, 3.63) is 42.4 Å². The summed E-state index contributed by atoms with van der Waals surface area (Å²) in [6.45, 7) is 10.5. The molecule has 0 aliphatic carbocycles. The summed E-state index contributed by atoms with van der Waals surface area (Å²) in [6, 6.07) is 8.96. The number of aromatic nitrogens is 3. The van der Waals surface area contributed by atoms with E-state index >= 15 is 0 Å². The van der Waals surface area contributed by atoms with Gasteiger partial charge >= 0.3 is 0 Å². The second-order valence-electron chi connectivity index (χ2n) is 9.20. The Kier molecular flexibility index (Phi) is 7.14. The monoisotopic (exact) mass is 446 g/mol. The number of fused-ring (bicyclic) bond motifs is 1. The summed E-state index contributed by atoms with van der Waals surface area (Å²) >= 11 is 0. The standard InChI is InChI=1S/C26H34N6O/c1-5-33-23-13-24(26-22(14-27)16-29-32(26)18-23)21-8-9-25(28-15-21)30(4)12-10-20-7-6-11-31(17-20)19(2)3/h8-9,13,15-16,18-20H,5-7,10-12,17H2,1-4H3. The van der Waals surface area contributed by atoms with Gasteiger partial charge in [-0.25, -0.2) is 9.50 Å². The molecule has 4 heterocycles. The topological polar surface area (TPSA) is 69.7 Å². The van der Waals surface area contributed by atoms with Crippen molar-refractivity contribution in [2.75, 3.05) is 38.2 Å². The van der Waals surface area contributed by atoms with E-state index < -0.39 is 0 Å². The molecule has 33 heavy (non-hydrogen) atoms. The third-order valence-corrected chi connectivity index (χ3v) is 6.62. The van der Waals surface area contributed by atoms with Crippen molar-refractivity contribution in [1.29, 1.82) is 5.26 Å². The van der Waals surface area contributed by atoms with Crippen LogP contribution in [0.4, 0.5) is 5.82 Å². The van der Waals surface area contributed by atoms with Crippen LogP contribution in [-0.2, 0) is 0 Å². The number of hydrogen-bond donors (Lipinski definition) is 0. The maximum Gasteiger partial charge on any atom is 0.138 e. The van der Waals surface area contributed by atoms with E-state index in [1.807, 2.05) is 25.4 Å². The summed E-state index contributed by atoms with van der Waals surface area (Å²) in [5, 5.41) is 13.9. The predicted molar refractivity (Wildman–Crippen MR) is 132 cm³/mol. The molecule has 0 N–H and O–H groups in total. The van der Waals surface area contributed by atoms with Crippen molar-refractivity contribution < 1.29 is 4.74 Å². The highest BCUT2D eigenvalue weighted by molar-refractivity contribution is 5.85. The Morgan fingerprint density at radius 2 is 2.15 bits per heavy atom. The van der Waals surface area contributed by atoms with Crippen molar-refractivity contribution >= 4 is 11.3 Å². The largest absolute Gasteiger partial charge is 0.492 e. The van der Waals surface area contributed by atoms with Crippen LogP contribution in [0, 0.1) is 17.2 Å². The fourth-order valence-corrected chi connectivity index (χ4v) is 4.71. The average molecular weight is 447 g/mol. The first-order chi connectivity index (χ1) is 16.0. The number of rotatable bonds is 8. The molecule has 1 atom stereocenters. The molecule has 0 saturated carbocycles. The molecule has 7 heteroatoms. The van der Waals surface area contributed by atoms with E-state index in [1.165, 1.54) is 32.4 Å². The predicted octanol–water partition coefficient (Wildman–Crippen LogP) is 4.61. The molecule has 174 valence electrons. The minimum atomic E-state index is 0.539. The van der Waals surface area contributed by atoms with Crippen molar-refractivity contribution in [1.82, 2.24) is 19.5 Å². The van der Waals surface area contributed by atoms with Gasteiger partial charge in [0.25, 0.3) is 0 Å². The molecule has 1 unspecified atom stereocenters. The molecule has 3 aromatic rings. The van der Waals surface area contributed by atoms with Gasteiger partial charge in [-0.1, -0.05) is 0 Å². The second kappa shape index (κ2) is 10.2. The van der Waals surface area contributed by atoms with Crippen LogP contribution in [0.2, 0.25) is 0 Å². The Hall–Kier alpha value is -3.11. The molecular formula is C26H34N6O. The van der Waals surface area contributed by atoms with E-state index in [2.05, 4.69) is 54.0 Å². The molecule has 1 saturated heterocycles. The lowest BCUT2D eigenvalue weighted by Crippen LogP contribution is -2.40. The smallest absolute Gasteiger partial charge is 0.138 e. The van der Waals surface area contributed by atoms with E-state index in [1.54, 1.807) is 10.7 Å². The van der Waals surface area contributed by atoms with E-state index in [0.29, 0.717) is 18.2 Å². The maximum atomic E-state index is 9.54. The third kappa shape index (κ3) is 5.12. The summed E-state index contributed by atoms with van der Waals surface area (Å²) in [4.78, 5) is 9.59. The average Bonchev–Trinajstić information content (AvgIpc) is 3.25. The molecule has 7 nitrogen and oxygen atoms in total. The molecule has 0 bridgehead atoms. The number of likely N-dealkylation sites (tertiary alicyclic amines) is 1. The number of nitriles is 1. The van der Waals surface area contributed by atoms with Crippen molar-refractivity contribution in [3.63, 3.8) is 0 Å². The van der Waals surface area contributed by atoms with Gasteiger partial charge in [0.2, 0.25) is 0 Å². The van der Waals surface area contributed by atoms with Crippen LogP contribution in [0.3, 0.4) is 0 Å². The van der Waals surface area contributed by atoms with Gasteiger partial charge in [0.1, 0.15) is 17.6 Å². The highest BCUT2D eigenvalue weighted by Crippen LogP contribution is 2.31. The number of anilines is 1. The van der Waals surface area contributed by atoms with E-state index in [9.17, 15) is 5.26 Å². The van der Waals surface area contributed by atoms with E-state index in [0.717, 1.165) is 40.7 Å². The van der Waals surface area contributed by atoms with Crippen molar-refractivity contribution in [2.24, 2.45) is 5.92 Å². The zero-order valence-corrected chi connectivity index (χ0v) is 20.2. The van der Waals surface area contributed by atoms with Gasteiger partial charge in [0.05, 0.1) is 30.1 Å². The molecule has 1 fully saturated rings. The summed E-state index contributed by atoms with van der Waals surface area (Å²) in [5.74, 6) is 2.43. The third-order valence-electron chi connectivity index (χ3n) is 6.62. The molecule has 4 rings (SSSR count). The summed E-state index contributed by atoms with van der Waals surface area (Å²) in [5.41, 5.74) is 3.15. The van der Waals surface area contributed by atoms with E-state index in [4.69, 9.17) is 9.72 Å². The highest BCUT2D eigenvalue weighted by Gasteiger charge is 2.22. The van der Waals surface area contributed by atoms with E-state index in [-0.39, 0.29) is 0 Å². The lowest BCUT2D eigenvalue weighted by Gasteiger charge is -2.36. The first kappa shape index (κ1) is 23.1. The Bertz CT molecular complexity index is 1110. The van der Waals surface area contributed by atoms with Gasteiger partial charge in [0, 0.05) is 43.5 Å². The highest BCUT2D eigenvalue weighted by atomic mass is 16.5. The summed E-state index contributed by atoms with van der Waals surface area (Å²) in [6.07, 6.45) is 9.09. The lowest BCUT2D eigenvalue weighted by atomic mass is 9.94. The van der Waals surface area contributed by atoms with Gasteiger partial charge in [-0.3, -0.25) is 0 Å². The molecule has 0 amide bonds. The maximum absolute atomic E-state index is 9.54. The second-order valence-corrected chi connectivity index (χ2v) is 9.20. The van der Waals surface area contributed by atoms with Crippen molar-refractivity contribution in [2.45, 2.75) is 46.1 Å². The summed E-state index contributed by atoms with van der Waals surface area (Å²) < 4.78 is 7.43. The number of ether oxygens (including phenoxy) is 1. The molecule has 0 spiro atoms. The van der Waals surface area contributed by atoms with Crippen LogP contribution in [0.25, 0.3) is 16.6 Å². The van der Waals surface area contributed by atoms with Crippen LogP contribution in [-0.4, -0.2) is 58.8 Å². The van der Waals surface area contributed by atoms with Gasteiger partial charge in [-0.15, -0.1) is 0 Å². The van der Waals surface area contributed by atoms with Gasteiger partial charge in [-0.2, -0.15) is 10.4 Å². The fourth-order valence-electron chi connectivity index (χ4n) is 4.71. The Balaban J connectivity index is 1.50. The minimum absolute atomic E-state index is 0.539. The van der Waals surface area contributed by atoms with Crippen LogP contribution >= 0.6 is 0 Å². The first-order valence-corrected chi connectivity index (χ1v) is 12.0. The molecule has 1 aliphatic rings. The quantitative estimate of drug-likeness (QED) is 0.503. The van der Waals surface area contributed by atoms with Crippen LogP contribution in [0.15, 0.2) is 36.8 Å². The Morgan fingerprint density at radius 3 is 2.85 bits per heavy atom. The normalized spacial score (nSPS) is 16.8. The molecule has 0 aromatic carbocycles. The van der Waals surface area contributed by atoms with Gasteiger partial charge < -0.3 is 14.5 Å². The number of nitrogens with zero attached hydrogens (tertiary/aromatic N) is 6. The molecule has 3 aromatic heterocycles. The molecule has 1 aliphatic heterocycles. The molecular weight excluding hydrogens is 412 g/mol. The zero-order chi connectivity index (χ0) is 23.4. The number of pyridine rings is 2. The Labute approximate surface area is 196 Å². The van der Waals surface area contributed by atoms with Crippen LogP contribution in [0.1, 0.15) is 45.6 Å². The van der Waals surface area contributed by atoms with Crippen molar-refractivity contribution in [3.8, 4) is 22.9 Å². The first-order valence-electron chi connectivity index (χ1n) is 12.0. The summed E-state index contributed by atoms with van der Waals surface area (Å²) in [7, 11) is 2.11. The van der Waals surface area contributed by atoms with Crippen LogP contribution < -0.4 is 9.64 Å². The fraction of sp³-hybridized carbons (Fsp3) is 0.500. The number of piperidine rings is 1.